The zero-order valence-electron chi connectivity index (χ0n) is 11.3. The molecule has 0 aromatic carbocycles. The number of nitrogens with zero attached hydrogens (tertiary/aromatic N) is 1. The number of pyridine rings is 1. The second kappa shape index (κ2) is 7.11. The number of aromatic nitrogens is 1. The summed E-state index contributed by atoms with van der Waals surface area (Å²) in [5, 5.41) is 13.3. The summed E-state index contributed by atoms with van der Waals surface area (Å²) < 4.78 is 37.3. The predicted octanol–water partition coefficient (Wildman–Crippen LogP) is 1.30. The summed E-state index contributed by atoms with van der Waals surface area (Å²) in [7, 11) is 0. The zero-order valence-corrected chi connectivity index (χ0v) is 11.3. The van der Waals surface area contributed by atoms with E-state index < -0.39 is 24.3 Å². The van der Waals surface area contributed by atoms with Crippen LogP contribution >= 0.6 is 0 Å². The fraction of sp³-hybridized carbons (Fsp3) is 0.500. The molecule has 0 saturated heterocycles. The number of nitrogens with one attached hydrogen (secondary N) is 2. The number of aliphatic hydroxyl groups excluding tert-OH is 1. The van der Waals surface area contributed by atoms with Gasteiger partial charge in [0.1, 0.15) is 12.2 Å². The van der Waals surface area contributed by atoms with E-state index in [2.05, 4.69) is 10.6 Å². The first-order valence-electron chi connectivity index (χ1n) is 6.17. The summed E-state index contributed by atoms with van der Waals surface area (Å²) in [4.78, 5) is 23.3. The first-order valence-corrected chi connectivity index (χ1v) is 6.17. The Bertz CT molecular complexity index is 543. The fourth-order valence-electron chi connectivity index (χ4n) is 1.60. The molecule has 1 atom stereocenters. The van der Waals surface area contributed by atoms with Crippen LogP contribution in [0.25, 0.3) is 0 Å². The van der Waals surface area contributed by atoms with Crippen LogP contribution in [0, 0.1) is 0 Å². The maximum absolute atomic E-state index is 12.3. The topological polar surface area (TPSA) is 83.4 Å². The second-order valence-electron chi connectivity index (χ2n) is 4.48. The third-order valence-electron chi connectivity index (χ3n) is 2.56. The molecule has 0 spiro atoms. The molecule has 21 heavy (non-hydrogen) atoms. The van der Waals surface area contributed by atoms with Gasteiger partial charge in [0.2, 0.25) is 0 Å². The summed E-state index contributed by atoms with van der Waals surface area (Å²) in [5.74, 6) is 0. The molecule has 0 unspecified atom stereocenters. The van der Waals surface area contributed by atoms with E-state index in [1.54, 1.807) is 6.92 Å². The summed E-state index contributed by atoms with van der Waals surface area (Å²) in [6.45, 7) is 0.0950. The molecule has 0 radical (unpaired) electrons. The molecule has 0 bridgehead atoms. The Morgan fingerprint density at radius 2 is 2.14 bits per heavy atom. The van der Waals surface area contributed by atoms with Gasteiger partial charge < -0.3 is 20.3 Å². The molecule has 0 saturated carbocycles. The van der Waals surface area contributed by atoms with Crippen LogP contribution < -0.4 is 16.2 Å². The van der Waals surface area contributed by atoms with E-state index in [1.807, 2.05) is 0 Å². The highest BCUT2D eigenvalue weighted by molar-refractivity contribution is 5.89. The highest BCUT2D eigenvalue weighted by Crippen LogP contribution is 2.16. The van der Waals surface area contributed by atoms with Crippen molar-refractivity contribution in [2.24, 2.45) is 0 Å². The van der Waals surface area contributed by atoms with Gasteiger partial charge in [0.05, 0.1) is 0 Å². The lowest BCUT2D eigenvalue weighted by Gasteiger charge is -2.14. The van der Waals surface area contributed by atoms with E-state index in [1.165, 1.54) is 12.1 Å². The Hall–Kier alpha value is -2.03. The molecule has 1 rings (SSSR count). The highest BCUT2D eigenvalue weighted by Gasteiger charge is 2.28. The first-order chi connectivity index (χ1) is 9.73. The first kappa shape index (κ1) is 17.0. The quantitative estimate of drug-likeness (QED) is 0.767. The van der Waals surface area contributed by atoms with Crippen LogP contribution in [0.2, 0.25) is 0 Å². The number of urea groups is 1. The number of anilines is 1. The molecule has 0 aliphatic carbocycles. The number of rotatable bonds is 5. The number of alkyl halides is 3. The van der Waals surface area contributed by atoms with Gasteiger partial charge in [-0.2, -0.15) is 13.2 Å². The molecule has 118 valence electrons. The van der Waals surface area contributed by atoms with Crippen LogP contribution in [0.5, 0.6) is 0 Å². The fourth-order valence-corrected chi connectivity index (χ4v) is 1.60. The molecule has 1 aromatic heterocycles. The molecule has 6 nitrogen and oxygen atoms in total. The van der Waals surface area contributed by atoms with Crippen molar-refractivity contribution >= 4 is 11.7 Å². The van der Waals surface area contributed by atoms with Gasteiger partial charge in [-0.25, -0.2) is 4.79 Å². The minimum atomic E-state index is -4.53. The maximum Gasteiger partial charge on any atom is 0.406 e. The van der Waals surface area contributed by atoms with Gasteiger partial charge in [-0.3, -0.25) is 4.79 Å². The number of amides is 2. The summed E-state index contributed by atoms with van der Waals surface area (Å²) >= 11 is 0. The molecule has 0 aliphatic rings. The zero-order chi connectivity index (χ0) is 16.0. The molecule has 0 fully saturated rings. The molecule has 3 N–H and O–H groups in total. The third-order valence-corrected chi connectivity index (χ3v) is 2.56. The van der Waals surface area contributed by atoms with Crippen LogP contribution in [0.15, 0.2) is 23.1 Å². The van der Waals surface area contributed by atoms with E-state index in [0.29, 0.717) is 11.0 Å². The Kier molecular flexibility index (Phi) is 5.77. The smallest absolute Gasteiger partial charge is 0.396 e. The van der Waals surface area contributed by atoms with Crippen LogP contribution in [0.3, 0.4) is 0 Å². The van der Waals surface area contributed by atoms with Gasteiger partial charge in [0.25, 0.3) is 5.56 Å². The average molecular weight is 307 g/mol. The standard InChI is InChI=1S/C12H16F3N3O3/c1-8(4-6-19)16-11(21)17-9-3-2-5-18(10(9)20)7-12(13,14)15/h2-3,5,8,19H,4,6-7H2,1H3,(H2,16,17,21)/t8-/m1/s1. The van der Waals surface area contributed by atoms with Crippen LogP contribution in [0.4, 0.5) is 23.7 Å². The normalized spacial score (nSPS) is 12.8. The lowest BCUT2D eigenvalue weighted by molar-refractivity contribution is -0.141. The van der Waals surface area contributed by atoms with Crippen molar-refractivity contribution in [1.82, 2.24) is 9.88 Å². The van der Waals surface area contributed by atoms with E-state index >= 15 is 0 Å². The van der Waals surface area contributed by atoms with Crippen LogP contribution in [-0.2, 0) is 6.54 Å². The Morgan fingerprint density at radius 3 is 2.71 bits per heavy atom. The van der Waals surface area contributed by atoms with Crippen molar-refractivity contribution < 1.29 is 23.1 Å². The van der Waals surface area contributed by atoms with Gasteiger partial charge in [0, 0.05) is 18.8 Å². The molecule has 9 heteroatoms. The second-order valence-corrected chi connectivity index (χ2v) is 4.48. The van der Waals surface area contributed by atoms with Crippen molar-refractivity contribution in [2.75, 3.05) is 11.9 Å². The molecule has 1 aromatic rings. The van der Waals surface area contributed by atoms with Crippen molar-refractivity contribution in [3.63, 3.8) is 0 Å². The van der Waals surface area contributed by atoms with Gasteiger partial charge in [0.15, 0.2) is 0 Å². The minimum absolute atomic E-state index is 0.120. The summed E-state index contributed by atoms with van der Waals surface area (Å²) in [5.41, 5.74) is -1.20. The molecule has 2 amide bonds. The lowest BCUT2D eigenvalue weighted by atomic mass is 10.2. The largest absolute Gasteiger partial charge is 0.406 e. The van der Waals surface area contributed by atoms with Gasteiger partial charge in [-0.05, 0) is 25.5 Å². The van der Waals surface area contributed by atoms with Gasteiger partial charge in [-0.15, -0.1) is 0 Å². The Balaban J connectivity index is 2.78. The highest BCUT2D eigenvalue weighted by atomic mass is 19.4. The molecule has 1 heterocycles. The molecular formula is C12H16F3N3O3. The Labute approximate surface area is 118 Å². The monoisotopic (exact) mass is 307 g/mol. The number of hydrogen-bond donors (Lipinski definition) is 3. The van der Waals surface area contributed by atoms with E-state index in [0.717, 1.165) is 6.20 Å². The Morgan fingerprint density at radius 1 is 1.48 bits per heavy atom. The summed E-state index contributed by atoms with van der Waals surface area (Å²) in [6, 6.07) is 1.39. The third kappa shape index (κ3) is 5.86. The van der Waals surface area contributed by atoms with Crippen molar-refractivity contribution in [2.45, 2.75) is 32.1 Å². The molecular weight excluding hydrogens is 291 g/mol. The minimum Gasteiger partial charge on any atom is -0.396 e. The van der Waals surface area contributed by atoms with Crippen LogP contribution in [0.1, 0.15) is 13.3 Å². The number of carbonyl (C=O) groups is 1. The van der Waals surface area contributed by atoms with E-state index in [9.17, 15) is 22.8 Å². The summed E-state index contributed by atoms with van der Waals surface area (Å²) in [6.07, 6.45) is -3.21. The van der Waals surface area contributed by atoms with Crippen LogP contribution in [-0.4, -0.2) is 34.5 Å². The number of hydrogen-bond acceptors (Lipinski definition) is 3. The molecule has 0 aliphatic heterocycles. The van der Waals surface area contributed by atoms with Crippen molar-refractivity contribution in [3.8, 4) is 0 Å². The van der Waals surface area contributed by atoms with E-state index in [4.69, 9.17) is 5.11 Å². The predicted molar refractivity (Wildman–Crippen MR) is 70.1 cm³/mol. The lowest BCUT2D eigenvalue weighted by Crippen LogP contribution is -2.38. The number of halogens is 3. The number of aliphatic hydroxyl groups is 1. The maximum atomic E-state index is 12.3. The van der Waals surface area contributed by atoms with E-state index in [-0.39, 0.29) is 18.3 Å². The SMILES string of the molecule is C[C@H](CCO)NC(=O)Nc1cccn(CC(F)(F)F)c1=O. The van der Waals surface area contributed by atoms with Gasteiger partial charge >= 0.3 is 12.2 Å². The van der Waals surface area contributed by atoms with Gasteiger partial charge in [-0.1, -0.05) is 0 Å². The average Bonchev–Trinajstić information content (AvgIpc) is 2.32. The van der Waals surface area contributed by atoms with Crippen molar-refractivity contribution in [1.29, 1.82) is 0 Å². The number of carbonyl (C=O) groups excluding carboxylic acids is 1. The van der Waals surface area contributed by atoms with Crippen molar-refractivity contribution in [3.05, 3.63) is 28.7 Å².